The van der Waals surface area contributed by atoms with Crippen LogP contribution in [0.5, 0.6) is 0 Å². The lowest BCUT2D eigenvalue weighted by molar-refractivity contribution is 0.668. The molecule has 0 aliphatic heterocycles. The first-order valence-corrected chi connectivity index (χ1v) is 7.45. The summed E-state index contributed by atoms with van der Waals surface area (Å²) >= 11 is 0. The van der Waals surface area contributed by atoms with Gasteiger partial charge in [-0.3, -0.25) is 0 Å². The highest BCUT2D eigenvalue weighted by Gasteiger charge is 2.16. The zero-order chi connectivity index (χ0) is 14.8. The third-order valence-electron chi connectivity index (χ3n) is 4.15. The Kier molecular flexibility index (Phi) is 3.62. The highest BCUT2D eigenvalue weighted by molar-refractivity contribution is 5.68. The molecule has 0 spiro atoms. The highest BCUT2D eigenvalue weighted by Crippen LogP contribution is 2.28. The van der Waals surface area contributed by atoms with Crippen molar-refractivity contribution >= 4 is 11.5 Å². The number of hydrogen-bond donors (Lipinski definition) is 1. The first-order chi connectivity index (χ1) is 10.2. The summed E-state index contributed by atoms with van der Waals surface area (Å²) in [6.07, 6.45) is 4.45. The van der Waals surface area contributed by atoms with Crippen LogP contribution in [0.4, 0.5) is 11.5 Å². The summed E-state index contributed by atoms with van der Waals surface area (Å²) in [5.74, 6) is 0.690. The maximum atomic E-state index is 9.41. The summed E-state index contributed by atoms with van der Waals surface area (Å²) < 4.78 is 0. The van der Waals surface area contributed by atoms with Crippen molar-refractivity contribution in [3.05, 3.63) is 52.2 Å². The van der Waals surface area contributed by atoms with Crippen molar-refractivity contribution in [1.82, 2.24) is 4.98 Å². The van der Waals surface area contributed by atoms with Gasteiger partial charge in [-0.2, -0.15) is 5.26 Å². The van der Waals surface area contributed by atoms with Gasteiger partial charge in [-0.05, 0) is 62.3 Å². The average molecular weight is 277 g/mol. The Morgan fingerprint density at radius 1 is 1.14 bits per heavy atom. The van der Waals surface area contributed by atoms with Gasteiger partial charge < -0.3 is 5.32 Å². The molecule has 0 saturated heterocycles. The van der Waals surface area contributed by atoms with Crippen LogP contribution in [0, 0.1) is 25.2 Å². The SMILES string of the molecule is Cc1cccc(C)c1Nc1nc2c(cc1C#N)CCCC2. The molecule has 106 valence electrons. The van der Waals surface area contributed by atoms with E-state index < -0.39 is 0 Å². The molecule has 0 fully saturated rings. The smallest absolute Gasteiger partial charge is 0.148 e. The summed E-state index contributed by atoms with van der Waals surface area (Å²) in [6.45, 7) is 4.14. The molecule has 1 aromatic carbocycles. The van der Waals surface area contributed by atoms with Gasteiger partial charge in [-0.25, -0.2) is 4.98 Å². The maximum absolute atomic E-state index is 9.41. The molecular formula is C18H19N3. The molecule has 3 heteroatoms. The number of anilines is 2. The fourth-order valence-electron chi connectivity index (χ4n) is 2.94. The van der Waals surface area contributed by atoms with Crippen LogP contribution in [0.3, 0.4) is 0 Å². The van der Waals surface area contributed by atoms with Crippen LogP contribution >= 0.6 is 0 Å². The number of nitriles is 1. The Bertz CT molecular complexity index is 706. The lowest BCUT2D eigenvalue weighted by Gasteiger charge is -2.18. The highest BCUT2D eigenvalue weighted by atomic mass is 15.0. The summed E-state index contributed by atoms with van der Waals surface area (Å²) in [7, 11) is 0. The quantitative estimate of drug-likeness (QED) is 0.895. The molecule has 0 amide bonds. The van der Waals surface area contributed by atoms with E-state index in [1.165, 1.54) is 29.5 Å². The van der Waals surface area contributed by atoms with Crippen LogP contribution in [0.1, 0.15) is 40.8 Å². The number of benzene rings is 1. The van der Waals surface area contributed by atoms with Crippen molar-refractivity contribution in [3.63, 3.8) is 0 Å². The van der Waals surface area contributed by atoms with E-state index >= 15 is 0 Å². The third kappa shape index (κ3) is 2.62. The van der Waals surface area contributed by atoms with Crippen LogP contribution in [-0.4, -0.2) is 4.98 Å². The topological polar surface area (TPSA) is 48.7 Å². The van der Waals surface area contributed by atoms with Crippen LogP contribution in [0.2, 0.25) is 0 Å². The van der Waals surface area contributed by atoms with E-state index in [0.717, 1.165) is 24.2 Å². The van der Waals surface area contributed by atoms with Crippen molar-refractivity contribution < 1.29 is 0 Å². The molecule has 0 unspecified atom stereocenters. The fourth-order valence-corrected chi connectivity index (χ4v) is 2.94. The van der Waals surface area contributed by atoms with Gasteiger partial charge in [0.05, 0.1) is 5.56 Å². The van der Waals surface area contributed by atoms with Gasteiger partial charge in [0.25, 0.3) is 0 Å². The molecule has 1 heterocycles. The van der Waals surface area contributed by atoms with Gasteiger partial charge in [0.2, 0.25) is 0 Å². The van der Waals surface area contributed by atoms with E-state index in [4.69, 9.17) is 4.98 Å². The van der Waals surface area contributed by atoms with Crippen molar-refractivity contribution in [3.8, 4) is 6.07 Å². The van der Waals surface area contributed by atoms with Crippen LogP contribution < -0.4 is 5.32 Å². The largest absolute Gasteiger partial charge is 0.339 e. The van der Waals surface area contributed by atoms with E-state index in [2.05, 4.69) is 37.4 Å². The minimum Gasteiger partial charge on any atom is -0.339 e. The second-order valence-corrected chi connectivity index (χ2v) is 5.70. The Hall–Kier alpha value is -2.34. The van der Waals surface area contributed by atoms with E-state index in [-0.39, 0.29) is 0 Å². The Morgan fingerprint density at radius 2 is 1.86 bits per heavy atom. The van der Waals surface area contributed by atoms with Gasteiger partial charge in [0.1, 0.15) is 11.9 Å². The lowest BCUT2D eigenvalue weighted by atomic mass is 9.95. The number of aryl methyl sites for hydroxylation is 4. The number of para-hydroxylation sites is 1. The molecule has 1 aliphatic carbocycles. The number of nitrogens with one attached hydrogen (secondary N) is 1. The number of fused-ring (bicyclic) bond motifs is 1. The second kappa shape index (κ2) is 5.57. The van der Waals surface area contributed by atoms with E-state index in [1.54, 1.807) is 0 Å². The molecule has 1 aliphatic rings. The van der Waals surface area contributed by atoms with E-state index in [1.807, 2.05) is 12.1 Å². The van der Waals surface area contributed by atoms with Gasteiger partial charge in [0.15, 0.2) is 0 Å². The second-order valence-electron chi connectivity index (χ2n) is 5.70. The predicted molar refractivity (Wildman–Crippen MR) is 84.8 cm³/mol. The monoisotopic (exact) mass is 277 g/mol. The predicted octanol–water partition coefficient (Wildman–Crippen LogP) is 4.19. The molecule has 3 nitrogen and oxygen atoms in total. The van der Waals surface area contributed by atoms with Crippen molar-refractivity contribution in [1.29, 1.82) is 5.26 Å². The van der Waals surface area contributed by atoms with Crippen molar-refractivity contribution in [2.24, 2.45) is 0 Å². The van der Waals surface area contributed by atoms with Crippen LogP contribution in [0.15, 0.2) is 24.3 Å². The molecule has 1 aromatic heterocycles. The number of rotatable bonds is 2. The normalized spacial score (nSPS) is 13.4. The standard InChI is InChI=1S/C18H19N3/c1-12-6-5-7-13(2)17(12)21-18-15(11-19)10-14-8-3-4-9-16(14)20-18/h5-7,10H,3-4,8-9H2,1-2H3,(H,20,21). The molecular weight excluding hydrogens is 258 g/mol. The molecule has 0 saturated carbocycles. The molecule has 0 atom stereocenters. The van der Waals surface area contributed by atoms with Crippen LogP contribution in [0.25, 0.3) is 0 Å². The molecule has 1 N–H and O–H groups in total. The number of aromatic nitrogens is 1. The van der Waals surface area contributed by atoms with Gasteiger partial charge in [-0.15, -0.1) is 0 Å². The van der Waals surface area contributed by atoms with E-state index in [9.17, 15) is 5.26 Å². The Balaban J connectivity index is 2.04. The van der Waals surface area contributed by atoms with Crippen molar-refractivity contribution in [2.45, 2.75) is 39.5 Å². The van der Waals surface area contributed by atoms with Crippen LogP contribution in [-0.2, 0) is 12.8 Å². The zero-order valence-electron chi connectivity index (χ0n) is 12.5. The molecule has 2 aromatic rings. The Labute approximate surface area is 125 Å². The summed E-state index contributed by atoms with van der Waals surface area (Å²) in [6, 6.07) is 10.5. The Morgan fingerprint density at radius 3 is 2.57 bits per heavy atom. The van der Waals surface area contributed by atoms with Gasteiger partial charge >= 0.3 is 0 Å². The third-order valence-corrected chi connectivity index (χ3v) is 4.15. The fraction of sp³-hybridized carbons (Fsp3) is 0.333. The van der Waals surface area contributed by atoms with E-state index in [0.29, 0.717) is 11.4 Å². The van der Waals surface area contributed by atoms with Gasteiger partial charge in [-0.1, -0.05) is 18.2 Å². The molecule has 0 radical (unpaired) electrons. The number of hydrogen-bond acceptors (Lipinski definition) is 3. The molecule has 3 rings (SSSR count). The number of nitrogens with zero attached hydrogens (tertiary/aromatic N) is 2. The summed E-state index contributed by atoms with van der Waals surface area (Å²) in [5.41, 5.74) is 6.41. The minimum atomic E-state index is 0.637. The summed E-state index contributed by atoms with van der Waals surface area (Å²) in [5, 5.41) is 12.8. The number of pyridine rings is 1. The van der Waals surface area contributed by atoms with Gasteiger partial charge in [0, 0.05) is 11.4 Å². The maximum Gasteiger partial charge on any atom is 0.148 e. The first kappa shape index (κ1) is 13.6. The molecule has 0 bridgehead atoms. The first-order valence-electron chi connectivity index (χ1n) is 7.45. The average Bonchev–Trinajstić information content (AvgIpc) is 2.50. The zero-order valence-corrected chi connectivity index (χ0v) is 12.5. The summed E-state index contributed by atoms with van der Waals surface area (Å²) in [4.78, 5) is 4.73. The lowest BCUT2D eigenvalue weighted by Crippen LogP contribution is -2.09. The van der Waals surface area contributed by atoms with Crippen molar-refractivity contribution in [2.75, 3.05) is 5.32 Å². The minimum absolute atomic E-state index is 0.637. The molecule has 21 heavy (non-hydrogen) atoms.